The first-order valence-corrected chi connectivity index (χ1v) is 8.96. The zero-order valence-electron chi connectivity index (χ0n) is 14.4. The van der Waals surface area contributed by atoms with Gasteiger partial charge in [-0.25, -0.2) is 0 Å². The molecule has 0 aliphatic carbocycles. The molecule has 1 amide bonds. The number of nitrogens with one attached hydrogen (secondary N) is 1. The van der Waals surface area contributed by atoms with E-state index in [2.05, 4.69) is 15.1 Å². The van der Waals surface area contributed by atoms with Gasteiger partial charge in [-0.3, -0.25) is 4.79 Å². The summed E-state index contributed by atoms with van der Waals surface area (Å²) in [7, 11) is 1.77. The van der Waals surface area contributed by atoms with Gasteiger partial charge in [0.2, 0.25) is 0 Å². The average molecular weight is 375 g/mol. The van der Waals surface area contributed by atoms with Gasteiger partial charge in [0.15, 0.2) is 5.82 Å². The van der Waals surface area contributed by atoms with Crippen molar-refractivity contribution in [2.24, 2.45) is 0 Å². The number of halogens is 1. The minimum Gasteiger partial charge on any atom is -0.368 e. The number of aromatic amines is 1. The van der Waals surface area contributed by atoms with Crippen LogP contribution in [0.4, 0.5) is 0 Å². The smallest absolute Gasteiger partial charge is 0.274 e. The van der Waals surface area contributed by atoms with E-state index < -0.39 is 0 Å². The maximum Gasteiger partial charge on any atom is 0.274 e. The highest BCUT2D eigenvalue weighted by Crippen LogP contribution is 2.25. The molecule has 1 atom stereocenters. The van der Waals surface area contributed by atoms with Gasteiger partial charge in [-0.2, -0.15) is 4.98 Å². The highest BCUT2D eigenvalue weighted by atomic mass is 35.5. The second kappa shape index (κ2) is 7.09. The van der Waals surface area contributed by atoms with Crippen molar-refractivity contribution in [3.05, 3.63) is 35.1 Å². The number of amides is 1. The minimum absolute atomic E-state index is 0.0127. The molecule has 3 heterocycles. The fourth-order valence-corrected chi connectivity index (χ4v) is 3.26. The Morgan fingerprint density at radius 1 is 1.42 bits per heavy atom. The lowest BCUT2D eigenvalue weighted by Crippen LogP contribution is -2.37. The second-order valence-electron chi connectivity index (χ2n) is 6.44. The molecule has 0 bridgehead atoms. The van der Waals surface area contributed by atoms with Crippen LogP contribution in [0.5, 0.6) is 0 Å². The van der Waals surface area contributed by atoms with Crippen LogP contribution in [0.25, 0.3) is 22.5 Å². The van der Waals surface area contributed by atoms with Gasteiger partial charge >= 0.3 is 0 Å². The number of likely N-dealkylation sites (N-methyl/N-ethyl adjacent to an activating group) is 1. The Balaban J connectivity index is 1.41. The molecule has 0 radical (unpaired) electrons. The predicted octanol–water partition coefficient (Wildman–Crippen LogP) is 3.05. The van der Waals surface area contributed by atoms with Gasteiger partial charge in [-0.15, -0.1) is 0 Å². The molecular formula is C18H19ClN4O3. The molecular weight excluding hydrogens is 356 g/mol. The van der Waals surface area contributed by atoms with Gasteiger partial charge in [0, 0.05) is 42.5 Å². The van der Waals surface area contributed by atoms with E-state index in [1.807, 2.05) is 24.3 Å². The molecule has 1 aliphatic rings. The third kappa shape index (κ3) is 3.45. The number of rotatable bonds is 5. The van der Waals surface area contributed by atoms with Crippen LogP contribution >= 0.6 is 11.6 Å². The summed E-state index contributed by atoms with van der Waals surface area (Å²) < 4.78 is 10.8. The summed E-state index contributed by atoms with van der Waals surface area (Å²) in [5, 5.41) is 5.66. The highest BCUT2D eigenvalue weighted by molar-refractivity contribution is 6.31. The van der Waals surface area contributed by atoms with Gasteiger partial charge in [-0.05, 0) is 37.1 Å². The fourth-order valence-electron chi connectivity index (χ4n) is 3.08. The van der Waals surface area contributed by atoms with Crippen molar-refractivity contribution in [3.63, 3.8) is 0 Å². The van der Waals surface area contributed by atoms with Crippen LogP contribution < -0.4 is 0 Å². The first-order chi connectivity index (χ1) is 12.6. The van der Waals surface area contributed by atoms with E-state index in [4.69, 9.17) is 20.9 Å². The zero-order chi connectivity index (χ0) is 18.1. The summed E-state index contributed by atoms with van der Waals surface area (Å²) in [6, 6.07) is 7.53. The lowest BCUT2D eigenvalue weighted by atomic mass is 10.2. The normalized spacial score (nSPS) is 17.1. The van der Waals surface area contributed by atoms with Crippen molar-refractivity contribution in [2.45, 2.75) is 25.4 Å². The molecule has 7 nitrogen and oxygen atoms in total. The summed E-state index contributed by atoms with van der Waals surface area (Å²) in [5.41, 5.74) is 1.69. The zero-order valence-corrected chi connectivity index (χ0v) is 15.1. The Hall–Kier alpha value is -2.38. The van der Waals surface area contributed by atoms with Crippen molar-refractivity contribution >= 4 is 28.4 Å². The molecule has 3 aromatic rings. The molecule has 26 heavy (non-hydrogen) atoms. The van der Waals surface area contributed by atoms with Crippen LogP contribution in [0.2, 0.25) is 5.02 Å². The largest absolute Gasteiger partial charge is 0.368 e. The van der Waals surface area contributed by atoms with E-state index in [-0.39, 0.29) is 12.0 Å². The molecule has 4 rings (SSSR count). The molecule has 0 spiro atoms. The van der Waals surface area contributed by atoms with E-state index in [1.165, 1.54) is 0 Å². The number of fused-ring (bicyclic) bond motifs is 1. The Labute approximate surface area is 155 Å². The monoisotopic (exact) mass is 374 g/mol. The Kier molecular flexibility index (Phi) is 4.65. The molecule has 8 heteroatoms. The maximum absolute atomic E-state index is 12.2. The third-order valence-corrected chi connectivity index (χ3v) is 4.77. The van der Waals surface area contributed by atoms with E-state index in [0.29, 0.717) is 36.3 Å². The number of aromatic nitrogens is 3. The quantitative estimate of drug-likeness (QED) is 0.742. The van der Waals surface area contributed by atoms with Crippen molar-refractivity contribution in [3.8, 4) is 11.6 Å². The molecule has 1 fully saturated rings. The van der Waals surface area contributed by atoms with E-state index >= 15 is 0 Å². The number of nitrogens with zero attached hydrogens (tertiary/aromatic N) is 3. The number of ether oxygens (including phenoxy) is 1. The molecule has 136 valence electrons. The van der Waals surface area contributed by atoms with Crippen molar-refractivity contribution in [2.75, 3.05) is 20.2 Å². The summed E-state index contributed by atoms with van der Waals surface area (Å²) in [5.74, 6) is 0.989. The van der Waals surface area contributed by atoms with Crippen molar-refractivity contribution in [1.82, 2.24) is 20.0 Å². The van der Waals surface area contributed by atoms with Gasteiger partial charge in [-0.1, -0.05) is 16.8 Å². The van der Waals surface area contributed by atoms with Gasteiger partial charge in [0.05, 0.1) is 0 Å². The number of carbonyl (C=O) groups is 1. The maximum atomic E-state index is 12.2. The number of hydrogen-bond donors (Lipinski definition) is 1. The first-order valence-electron chi connectivity index (χ1n) is 8.58. The first kappa shape index (κ1) is 17.1. The number of H-pyrrole nitrogens is 1. The molecule has 1 N–H and O–H groups in total. The van der Waals surface area contributed by atoms with Crippen LogP contribution in [0.1, 0.15) is 18.7 Å². The van der Waals surface area contributed by atoms with Crippen molar-refractivity contribution in [1.29, 1.82) is 0 Å². The lowest BCUT2D eigenvalue weighted by molar-refractivity contribution is -0.139. The summed E-state index contributed by atoms with van der Waals surface area (Å²) in [6.45, 7) is 1.17. The van der Waals surface area contributed by atoms with Gasteiger partial charge < -0.3 is 19.1 Å². The Morgan fingerprint density at radius 3 is 3.12 bits per heavy atom. The van der Waals surface area contributed by atoms with Crippen molar-refractivity contribution < 1.29 is 14.1 Å². The SMILES string of the molecule is CN(CCc1noc(-c2cc3cc(Cl)ccc3[nH]2)n1)C(=O)C1CCCO1. The lowest BCUT2D eigenvalue weighted by Gasteiger charge is -2.19. The second-order valence-corrected chi connectivity index (χ2v) is 6.88. The summed E-state index contributed by atoms with van der Waals surface area (Å²) >= 11 is 6.02. The number of benzene rings is 1. The van der Waals surface area contributed by atoms with Gasteiger partial charge in [0.1, 0.15) is 11.8 Å². The Bertz CT molecular complexity index is 930. The van der Waals surface area contributed by atoms with E-state index in [1.54, 1.807) is 11.9 Å². The van der Waals surface area contributed by atoms with Gasteiger partial charge in [0.25, 0.3) is 11.8 Å². The summed E-state index contributed by atoms with van der Waals surface area (Å²) in [4.78, 5) is 21.6. The van der Waals surface area contributed by atoms with Crippen LogP contribution in [0.3, 0.4) is 0 Å². The molecule has 1 aromatic carbocycles. The molecule has 2 aromatic heterocycles. The standard InChI is InChI=1S/C18H19ClN4O3/c1-23(18(24)15-3-2-8-25-15)7-6-16-21-17(26-22-16)14-10-11-9-12(19)4-5-13(11)20-14/h4-5,9-10,15,20H,2-3,6-8H2,1H3. The average Bonchev–Trinajstić information content (AvgIpc) is 3.37. The topological polar surface area (TPSA) is 84.3 Å². The molecule has 0 saturated carbocycles. The van der Waals surface area contributed by atoms with Crippen LogP contribution in [0, 0.1) is 0 Å². The van der Waals surface area contributed by atoms with Crippen LogP contribution in [0.15, 0.2) is 28.8 Å². The fraction of sp³-hybridized carbons (Fsp3) is 0.389. The molecule has 1 saturated heterocycles. The molecule has 1 unspecified atom stereocenters. The Morgan fingerprint density at radius 2 is 2.31 bits per heavy atom. The summed E-state index contributed by atoms with van der Waals surface area (Å²) in [6.07, 6.45) is 1.94. The van der Waals surface area contributed by atoms with E-state index in [9.17, 15) is 4.79 Å². The molecule has 1 aliphatic heterocycles. The van der Waals surface area contributed by atoms with Crippen LogP contribution in [-0.4, -0.2) is 52.2 Å². The predicted molar refractivity (Wildman–Crippen MR) is 96.9 cm³/mol. The van der Waals surface area contributed by atoms with E-state index in [0.717, 1.165) is 29.4 Å². The number of carbonyl (C=O) groups excluding carboxylic acids is 1. The van der Waals surface area contributed by atoms with Crippen LogP contribution in [-0.2, 0) is 16.0 Å². The number of hydrogen-bond acceptors (Lipinski definition) is 5. The minimum atomic E-state index is -0.306. The third-order valence-electron chi connectivity index (χ3n) is 4.53. The highest BCUT2D eigenvalue weighted by Gasteiger charge is 2.26.